The summed E-state index contributed by atoms with van der Waals surface area (Å²) in [6.07, 6.45) is 3.55. The number of carbonyl (C=O) groups is 1. The summed E-state index contributed by atoms with van der Waals surface area (Å²) in [6, 6.07) is 0. The molecule has 1 saturated heterocycles. The van der Waals surface area contributed by atoms with Crippen LogP contribution in [0.1, 0.15) is 26.2 Å². The van der Waals surface area contributed by atoms with Gasteiger partial charge in [-0.15, -0.1) is 0 Å². The molecule has 3 nitrogen and oxygen atoms in total. The summed E-state index contributed by atoms with van der Waals surface area (Å²) >= 11 is 0. The summed E-state index contributed by atoms with van der Waals surface area (Å²) in [5.41, 5.74) is 0. The Morgan fingerprint density at radius 3 is 2.62 bits per heavy atom. The molecular formula is C10H19NO2. The minimum atomic E-state index is -0.0841. The second kappa shape index (κ2) is 5.22. The van der Waals surface area contributed by atoms with Crippen molar-refractivity contribution in [2.24, 2.45) is 5.92 Å². The molecule has 1 unspecified atom stereocenters. The molecule has 0 saturated carbocycles. The van der Waals surface area contributed by atoms with E-state index in [4.69, 9.17) is 0 Å². The fraction of sp³-hybridized carbons (Fsp3) is 0.900. The molecule has 1 fully saturated rings. The van der Waals surface area contributed by atoms with Crippen LogP contribution in [-0.2, 0) is 9.53 Å². The molecule has 0 bridgehead atoms. The molecule has 0 radical (unpaired) electrons. The van der Waals surface area contributed by atoms with Crippen LogP contribution in [0.2, 0.25) is 0 Å². The average Bonchev–Trinajstić information content (AvgIpc) is 2.65. The van der Waals surface area contributed by atoms with E-state index in [2.05, 4.69) is 9.64 Å². The van der Waals surface area contributed by atoms with Gasteiger partial charge in [0, 0.05) is 0 Å². The van der Waals surface area contributed by atoms with Gasteiger partial charge in [-0.05, 0) is 38.9 Å². The maximum absolute atomic E-state index is 11.1. The van der Waals surface area contributed by atoms with Gasteiger partial charge in [-0.1, -0.05) is 6.92 Å². The lowest BCUT2D eigenvalue weighted by Crippen LogP contribution is -2.24. The summed E-state index contributed by atoms with van der Waals surface area (Å²) in [6.45, 7) is 5.37. The molecule has 0 aromatic carbocycles. The van der Waals surface area contributed by atoms with Gasteiger partial charge in [0.25, 0.3) is 0 Å². The van der Waals surface area contributed by atoms with Gasteiger partial charge in [0.2, 0.25) is 0 Å². The third kappa shape index (κ3) is 3.35. The number of hydrogen-bond acceptors (Lipinski definition) is 3. The first-order valence-corrected chi connectivity index (χ1v) is 5.04. The van der Waals surface area contributed by atoms with Gasteiger partial charge in [-0.2, -0.15) is 0 Å². The van der Waals surface area contributed by atoms with Crippen molar-refractivity contribution in [1.29, 1.82) is 0 Å². The van der Waals surface area contributed by atoms with Crippen molar-refractivity contribution >= 4 is 5.97 Å². The van der Waals surface area contributed by atoms with Crippen molar-refractivity contribution in [3.63, 3.8) is 0 Å². The fourth-order valence-corrected chi connectivity index (χ4v) is 1.70. The van der Waals surface area contributed by atoms with E-state index in [1.807, 2.05) is 6.92 Å². The second-order valence-electron chi connectivity index (χ2n) is 3.76. The van der Waals surface area contributed by atoms with Crippen LogP contribution in [0.4, 0.5) is 0 Å². The smallest absolute Gasteiger partial charge is 0.308 e. The Labute approximate surface area is 80.1 Å². The minimum Gasteiger partial charge on any atom is -0.469 e. The maximum Gasteiger partial charge on any atom is 0.308 e. The minimum absolute atomic E-state index is 0.0469. The van der Waals surface area contributed by atoms with Crippen LogP contribution in [-0.4, -0.2) is 37.6 Å². The van der Waals surface area contributed by atoms with Crippen LogP contribution >= 0.6 is 0 Å². The van der Waals surface area contributed by atoms with Crippen LogP contribution in [0.25, 0.3) is 0 Å². The molecule has 76 valence electrons. The number of ether oxygens (including phenoxy) is 1. The SMILES string of the molecule is COC(=O)C(C)CCN1CCCC1. The van der Waals surface area contributed by atoms with Gasteiger partial charge in [0.1, 0.15) is 0 Å². The van der Waals surface area contributed by atoms with Crippen LogP contribution in [0.3, 0.4) is 0 Å². The predicted octanol–water partition coefficient (Wildman–Crippen LogP) is 1.28. The van der Waals surface area contributed by atoms with Gasteiger partial charge < -0.3 is 9.64 Å². The number of esters is 1. The van der Waals surface area contributed by atoms with Crippen LogP contribution in [0, 0.1) is 5.92 Å². The third-order valence-corrected chi connectivity index (χ3v) is 2.68. The first-order valence-electron chi connectivity index (χ1n) is 5.04. The van der Waals surface area contributed by atoms with E-state index < -0.39 is 0 Å². The number of hydrogen-bond donors (Lipinski definition) is 0. The highest BCUT2D eigenvalue weighted by Gasteiger charge is 2.16. The standard InChI is InChI=1S/C10H19NO2/c1-9(10(12)13-2)5-8-11-6-3-4-7-11/h9H,3-8H2,1-2H3. The van der Waals surface area contributed by atoms with Gasteiger partial charge in [0.15, 0.2) is 0 Å². The molecule has 0 N–H and O–H groups in total. The molecule has 1 atom stereocenters. The first-order chi connectivity index (χ1) is 6.24. The highest BCUT2D eigenvalue weighted by atomic mass is 16.5. The van der Waals surface area contributed by atoms with Crippen LogP contribution < -0.4 is 0 Å². The molecule has 0 amide bonds. The van der Waals surface area contributed by atoms with E-state index in [-0.39, 0.29) is 11.9 Å². The monoisotopic (exact) mass is 185 g/mol. The van der Waals surface area contributed by atoms with Gasteiger partial charge in [-0.3, -0.25) is 4.79 Å². The Hall–Kier alpha value is -0.570. The van der Waals surface area contributed by atoms with E-state index in [0.29, 0.717) is 0 Å². The van der Waals surface area contributed by atoms with Crippen molar-refractivity contribution in [3.05, 3.63) is 0 Å². The Balaban J connectivity index is 2.13. The number of likely N-dealkylation sites (tertiary alicyclic amines) is 1. The van der Waals surface area contributed by atoms with E-state index in [1.54, 1.807) is 0 Å². The van der Waals surface area contributed by atoms with Crippen molar-refractivity contribution < 1.29 is 9.53 Å². The Morgan fingerprint density at radius 2 is 2.08 bits per heavy atom. The zero-order chi connectivity index (χ0) is 9.68. The quantitative estimate of drug-likeness (QED) is 0.618. The molecule has 1 rings (SSSR count). The summed E-state index contributed by atoms with van der Waals surface area (Å²) in [7, 11) is 1.45. The van der Waals surface area contributed by atoms with Gasteiger partial charge in [-0.25, -0.2) is 0 Å². The summed E-state index contributed by atoms with van der Waals surface area (Å²) in [5, 5.41) is 0. The third-order valence-electron chi connectivity index (χ3n) is 2.68. The average molecular weight is 185 g/mol. The second-order valence-corrected chi connectivity index (χ2v) is 3.76. The molecular weight excluding hydrogens is 166 g/mol. The lowest BCUT2D eigenvalue weighted by Gasteiger charge is -2.16. The zero-order valence-electron chi connectivity index (χ0n) is 8.58. The van der Waals surface area contributed by atoms with Crippen molar-refractivity contribution in [2.45, 2.75) is 26.2 Å². The summed E-state index contributed by atoms with van der Waals surface area (Å²) < 4.78 is 4.67. The zero-order valence-corrected chi connectivity index (χ0v) is 8.58. The number of nitrogens with zero attached hydrogens (tertiary/aromatic N) is 1. The van der Waals surface area contributed by atoms with E-state index in [0.717, 1.165) is 13.0 Å². The number of carbonyl (C=O) groups excluding carboxylic acids is 1. The number of methoxy groups -OCH3 is 1. The molecule has 1 heterocycles. The molecule has 1 aliphatic heterocycles. The van der Waals surface area contributed by atoms with Gasteiger partial charge in [0.05, 0.1) is 13.0 Å². The fourth-order valence-electron chi connectivity index (χ4n) is 1.70. The van der Waals surface area contributed by atoms with E-state index in [9.17, 15) is 4.79 Å². The summed E-state index contributed by atoms with van der Waals surface area (Å²) in [4.78, 5) is 13.5. The Bertz CT molecular complexity index is 164. The number of rotatable bonds is 4. The Kier molecular flexibility index (Phi) is 4.22. The van der Waals surface area contributed by atoms with E-state index >= 15 is 0 Å². The molecule has 3 heteroatoms. The van der Waals surface area contributed by atoms with Crippen LogP contribution in [0.15, 0.2) is 0 Å². The normalized spacial score (nSPS) is 20.2. The molecule has 1 aliphatic rings. The lowest BCUT2D eigenvalue weighted by molar-refractivity contribution is -0.145. The highest BCUT2D eigenvalue weighted by molar-refractivity contribution is 5.71. The molecule has 0 aliphatic carbocycles. The first kappa shape index (κ1) is 10.5. The van der Waals surface area contributed by atoms with Crippen molar-refractivity contribution in [1.82, 2.24) is 4.90 Å². The topological polar surface area (TPSA) is 29.5 Å². The molecule has 0 aromatic rings. The largest absolute Gasteiger partial charge is 0.469 e. The van der Waals surface area contributed by atoms with Crippen molar-refractivity contribution in [2.75, 3.05) is 26.7 Å². The molecule has 0 aromatic heterocycles. The van der Waals surface area contributed by atoms with Crippen molar-refractivity contribution in [3.8, 4) is 0 Å². The molecule has 13 heavy (non-hydrogen) atoms. The predicted molar refractivity (Wildman–Crippen MR) is 51.5 cm³/mol. The highest BCUT2D eigenvalue weighted by Crippen LogP contribution is 2.11. The summed E-state index contributed by atoms with van der Waals surface area (Å²) in [5.74, 6) is -0.0372. The Morgan fingerprint density at radius 1 is 1.46 bits per heavy atom. The van der Waals surface area contributed by atoms with E-state index in [1.165, 1.54) is 33.0 Å². The van der Waals surface area contributed by atoms with Gasteiger partial charge >= 0.3 is 5.97 Å². The lowest BCUT2D eigenvalue weighted by atomic mass is 10.1. The maximum atomic E-state index is 11.1. The molecule has 0 spiro atoms. The van der Waals surface area contributed by atoms with Crippen LogP contribution in [0.5, 0.6) is 0 Å².